The molecule has 0 spiro atoms. The second-order valence-corrected chi connectivity index (χ2v) is 5.54. The molecule has 1 aromatic heterocycles. The second kappa shape index (κ2) is 5.66. The molecule has 4 nitrogen and oxygen atoms in total. The maximum atomic E-state index is 11.0. The Morgan fingerprint density at radius 1 is 0.625 bits per heavy atom. The molecule has 5 rings (SSSR count). The molecule has 0 unspecified atom stereocenters. The van der Waals surface area contributed by atoms with E-state index in [1.165, 1.54) is 21.8 Å². The van der Waals surface area contributed by atoms with Gasteiger partial charge in [0, 0.05) is 21.8 Å². The lowest BCUT2D eigenvalue weighted by molar-refractivity contribution is -0.112. The second-order valence-electron chi connectivity index (χ2n) is 5.54. The number of aromatic nitrogens is 1. The van der Waals surface area contributed by atoms with E-state index in [-0.39, 0.29) is 0 Å². The quantitative estimate of drug-likeness (QED) is 0.479. The normalized spacial score (nSPS) is 12.7. The van der Waals surface area contributed by atoms with Crippen molar-refractivity contribution in [2.75, 3.05) is 5.32 Å². The van der Waals surface area contributed by atoms with Gasteiger partial charge in [0.2, 0.25) is 0 Å². The lowest BCUT2D eigenvalue weighted by Gasteiger charge is -1.91. The predicted molar refractivity (Wildman–Crippen MR) is 95.2 cm³/mol. The topological polar surface area (TPSA) is 62.0 Å². The first-order valence-electron chi connectivity index (χ1n) is 7.64. The van der Waals surface area contributed by atoms with E-state index in [2.05, 4.69) is 58.8 Å². The van der Waals surface area contributed by atoms with Crippen LogP contribution in [-0.2, 0) is 4.79 Å². The van der Waals surface area contributed by atoms with Gasteiger partial charge in [-0.05, 0) is 24.3 Å². The Morgan fingerprint density at radius 2 is 1.17 bits per heavy atom. The number of amides is 1. The van der Waals surface area contributed by atoms with Crippen LogP contribution in [0.3, 0.4) is 0 Å². The van der Waals surface area contributed by atoms with Crippen LogP contribution in [-0.4, -0.2) is 16.7 Å². The molecular formula is C20H14N2O2. The summed E-state index contributed by atoms with van der Waals surface area (Å²) < 4.78 is 0. The minimum Gasteiger partial charge on any atom is -0.355 e. The van der Waals surface area contributed by atoms with Crippen LogP contribution in [0, 0.1) is 0 Å². The van der Waals surface area contributed by atoms with Gasteiger partial charge in [0.1, 0.15) is 0 Å². The third-order valence-electron chi connectivity index (χ3n) is 4.04. The highest BCUT2D eigenvalue weighted by atomic mass is 16.2. The van der Waals surface area contributed by atoms with Gasteiger partial charge in [0.15, 0.2) is 0 Å². The number of hydrogen-bond acceptors (Lipinski definition) is 2. The molecule has 116 valence electrons. The zero-order chi connectivity index (χ0) is 16.5. The van der Waals surface area contributed by atoms with E-state index in [4.69, 9.17) is 0 Å². The monoisotopic (exact) mass is 314 g/mol. The number of ketones is 1. The number of rotatable bonds is 0. The summed E-state index contributed by atoms with van der Waals surface area (Å²) in [7, 11) is 0. The molecule has 0 saturated carbocycles. The summed E-state index contributed by atoms with van der Waals surface area (Å²) in [5.41, 5.74) is 3.51. The number of Topliss-reactive ketones (excluding diaryl/α,β-unsaturated/α-hetero) is 1. The van der Waals surface area contributed by atoms with Crippen molar-refractivity contribution in [3.8, 4) is 0 Å². The zero-order valence-corrected chi connectivity index (χ0v) is 12.7. The third-order valence-corrected chi connectivity index (χ3v) is 4.04. The number of hydrogen-bond donors (Lipinski definition) is 2. The molecule has 0 bridgehead atoms. The lowest BCUT2D eigenvalue weighted by Crippen LogP contribution is -2.12. The number of H-pyrrole nitrogens is 1. The van der Waals surface area contributed by atoms with E-state index >= 15 is 0 Å². The van der Waals surface area contributed by atoms with Crippen LogP contribution in [0.15, 0.2) is 72.8 Å². The average molecular weight is 314 g/mol. The highest BCUT2D eigenvalue weighted by molar-refractivity contribution is 6.51. The van der Waals surface area contributed by atoms with Crippen LogP contribution in [0.4, 0.5) is 5.69 Å². The Kier molecular flexibility index (Phi) is 3.35. The van der Waals surface area contributed by atoms with Crippen molar-refractivity contribution in [3.05, 3.63) is 78.4 Å². The average Bonchev–Trinajstić information content (AvgIpc) is 3.14. The van der Waals surface area contributed by atoms with E-state index in [1.54, 1.807) is 24.3 Å². The van der Waals surface area contributed by atoms with Gasteiger partial charge in [-0.3, -0.25) is 9.59 Å². The molecule has 4 heteroatoms. The molecule has 1 amide bonds. The number of benzene rings is 3. The smallest absolute Gasteiger partial charge is 0.296 e. The van der Waals surface area contributed by atoms with Crippen LogP contribution >= 0.6 is 0 Å². The van der Waals surface area contributed by atoms with Crippen LogP contribution in [0.25, 0.3) is 21.8 Å². The molecular weight excluding hydrogens is 300 g/mol. The third kappa shape index (κ3) is 2.34. The van der Waals surface area contributed by atoms with Crippen molar-refractivity contribution >= 4 is 39.2 Å². The van der Waals surface area contributed by atoms with Crippen LogP contribution in [0.2, 0.25) is 0 Å². The van der Waals surface area contributed by atoms with Gasteiger partial charge < -0.3 is 10.3 Å². The van der Waals surface area contributed by atoms with Gasteiger partial charge in [0.25, 0.3) is 11.7 Å². The fourth-order valence-corrected chi connectivity index (χ4v) is 2.89. The Labute approximate surface area is 138 Å². The number of para-hydroxylation sites is 3. The van der Waals surface area contributed by atoms with Gasteiger partial charge >= 0.3 is 0 Å². The van der Waals surface area contributed by atoms with E-state index in [1.807, 2.05) is 0 Å². The van der Waals surface area contributed by atoms with E-state index < -0.39 is 11.7 Å². The first-order valence-corrected chi connectivity index (χ1v) is 7.64. The number of aromatic amines is 1. The van der Waals surface area contributed by atoms with Crippen molar-refractivity contribution in [1.29, 1.82) is 0 Å². The number of nitrogens with one attached hydrogen (secondary N) is 2. The summed E-state index contributed by atoms with van der Waals surface area (Å²) in [4.78, 5) is 25.1. The molecule has 0 atom stereocenters. The number of carbonyl (C=O) groups excluding carboxylic acids is 2. The Hall–Kier alpha value is -3.40. The Bertz CT molecular complexity index is 1030. The molecule has 1 aliphatic rings. The minimum atomic E-state index is -0.536. The largest absolute Gasteiger partial charge is 0.355 e. The maximum absolute atomic E-state index is 11.0. The highest BCUT2D eigenvalue weighted by Crippen LogP contribution is 2.24. The summed E-state index contributed by atoms with van der Waals surface area (Å²) in [6.07, 6.45) is 0. The highest BCUT2D eigenvalue weighted by Gasteiger charge is 2.26. The van der Waals surface area contributed by atoms with Crippen LogP contribution in [0.5, 0.6) is 0 Å². The lowest BCUT2D eigenvalue weighted by atomic mass is 10.1. The van der Waals surface area contributed by atoms with Gasteiger partial charge in [-0.2, -0.15) is 0 Å². The summed E-state index contributed by atoms with van der Waals surface area (Å²) in [5, 5.41) is 5.07. The van der Waals surface area contributed by atoms with Crippen LogP contribution < -0.4 is 5.32 Å². The summed E-state index contributed by atoms with van der Waals surface area (Å²) in [5.74, 6) is -0.980. The van der Waals surface area contributed by atoms with Crippen LogP contribution in [0.1, 0.15) is 10.4 Å². The fourth-order valence-electron chi connectivity index (χ4n) is 2.89. The molecule has 0 fully saturated rings. The van der Waals surface area contributed by atoms with Gasteiger partial charge in [-0.25, -0.2) is 0 Å². The van der Waals surface area contributed by atoms with Crippen molar-refractivity contribution in [2.24, 2.45) is 0 Å². The number of fused-ring (bicyclic) bond motifs is 4. The van der Waals surface area contributed by atoms with Gasteiger partial charge in [-0.15, -0.1) is 0 Å². The Morgan fingerprint density at radius 3 is 1.79 bits per heavy atom. The van der Waals surface area contributed by atoms with E-state index in [9.17, 15) is 9.59 Å². The number of carbonyl (C=O) groups is 2. The molecule has 0 radical (unpaired) electrons. The minimum absolute atomic E-state index is 0.444. The maximum Gasteiger partial charge on any atom is 0.296 e. The number of anilines is 1. The van der Waals surface area contributed by atoms with Gasteiger partial charge in [0.05, 0.1) is 11.3 Å². The molecule has 2 heterocycles. The summed E-state index contributed by atoms with van der Waals surface area (Å²) >= 11 is 0. The zero-order valence-electron chi connectivity index (χ0n) is 12.7. The fraction of sp³-hybridized carbons (Fsp3) is 0. The van der Waals surface area contributed by atoms with E-state index in [0.29, 0.717) is 11.3 Å². The van der Waals surface area contributed by atoms with Gasteiger partial charge in [-0.1, -0.05) is 48.5 Å². The summed E-state index contributed by atoms with van der Waals surface area (Å²) in [6, 6.07) is 23.6. The molecule has 0 aliphatic carbocycles. The first kappa shape index (κ1) is 14.2. The van der Waals surface area contributed by atoms with E-state index in [0.717, 1.165) is 0 Å². The summed E-state index contributed by atoms with van der Waals surface area (Å²) in [6.45, 7) is 0. The van der Waals surface area contributed by atoms with Crippen molar-refractivity contribution in [2.45, 2.75) is 0 Å². The van der Waals surface area contributed by atoms with Crippen molar-refractivity contribution in [3.63, 3.8) is 0 Å². The molecule has 1 aliphatic heterocycles. The Balaban J connectivity index is 0.000000123. The molecule has 2 N–H and O–H groups in total. The SMILES string of the molecule is O=C1Nc2ccccc2C1=O.c1ccc2c(c1)[nH]c1ccccc12. The molecule has 24 heavy (non-hydrogen) atoms. The first-order chi connectivity index (χ1) is 11.7. The molecule has 3 aromatic carbocycles. The standard InChI is InChI=1S/C12H9N.C8H5NO2/c1-3-7-11-9(5-1)10-6-2-4-8-12(10)13-11;10-7-5-3-1-2-4-6(5)9-8(7)11/h1-8,13H;1-4H,(H,9,10,11). The predicted octanol–water partition coefficient (Wildman–Crippen LogP) is 4.14. The van der Waals surface area contributed by atoms with Crippen molar-refractivity contribution < 1.29 is 9.59 Å². The molecule has 4 aromatic rings. The molecule has 0 saturated heterocycles. The van der Waals surface area contributed by atoms with Crippen molar-refractivity contribution in [1.82, 2.24) is 4.98 Å².